The van der Waals surface area contributed by atoms with Crippen LogP contribution in [0.5, 0.6) is 5.88 Å². The fourth-order valence-corrected chi connectivity index (χ4v) is 4.29. The Morgan fingerprint density at radius 3 is 2.42 bits per heavy atom. The van der Waals surface area contributed by atoms with Crippen LogP contribution in [0.25, 0.3) is 22.4 Å². The molecular formula is C25H21F3N4O3S. The number of hydrogen-bond donors (Lipinski definition) is 3. The molecule has 4 rings (SSSR count). The molecule has 0 amide bonds. The zero-order chi connectivity index (χ0) is 25.9. The van der Waals surface area contributed by atoms with E-state index >= 15 is 0 Å². The maximum absolute atomic E-state index is 14.2. The molecule has 186 valence electrons. The molecule has 2 aromatic carbocycles. The van der Waals surface area contributed by atoms with Crippen LogP contribution < -0.4 is 16.2 Å². The van der Waals surface area contributed by atoms with Crippen molar-refractivity contribution in [2.45, 2.75) is 24.7 Å². The van der Waals surface area contributed by atoms with Gasteiger partial charge in [-0.3, -0.25) is 4.79 Å². The molecule has 0 saturated carbocycles. The Hall–Kier alpha value is -3.96. The Balaban J connectivity index is 1.65. The molecule has 11 heteroatoms. The van der Waals surface area contributed by atoms with Crippen LogP contribution in [-0.2, 0) is 11.2 Å². The lowest BCUT2D eigenvalue weighted by molar-refractivity contribution is -0.198. The number of nitrogens with two attached hydrogens (primary N) is 2. The van der Waals surface area contributed by atoms with Crippen LogP contribution in [0, 0.1) is 0 Å². The Morgan fingerprint density at radius 2 is 1.78 bits per heavy atom. The number of ether oxygens (including phenoxy) is 1. The van der Waals surface area contributed by atoms with Crippen LogP contribution in [0.4, 0.5) is 19.1 Å². The number of carboxylic acid groups (broad SMARTS) is 1. The maximum atomic E-state index is 14.2. The predicted octanol–water partition coefficient (Wildman–Crippen LogP) is 5.09. The third-order valence-electron chi connectivity index (χ3n) is 5.35. The molecule has 2 unspecified atom stereocenters. The van der Waals surface area contributed by atoms with Gasteiger partial charge in [-0.2, -0.15) is 29.5 Å². The van der Waals surface area contributed by atoms with Gasteiger partial charge in [-0.25, -0.2) is 4.98 Å². The number of hydrogen-bond acceptors (Lipinski definition) is 7. The van der Waals surface area contributed by atoms with Gasteiger partial charge in [0.1, 0.15) is 6.04 Å². The molecule has 0 aliphatic carbocycles. The quantitative estimate of drug-likeness (QED) is 0.299. The highest BCUT2D eigenvalue weighted by Gasteiger charge is 2.44. The third kappa shape index (κ3) is 5.81. The topological polar surface area (TPSA) is 124 Å². The average Bonchev–Trinajstić information content (AvgIpc) is 3.37. The van der Waals surface area contributed by atoms with E-state index in [2.05, 4.69) is 9.97 Å². The van der Waals surface area contributed by atoms with Crippen LogP contribution in [0.3, 0.4) is 0 Å². The molecule has 36 heavy (non-hydrogen) atoms. The normalized spacial score (nSPS) is 13.2. The highest BCUT2D eigenvalue weighted by atomic mass is 32.1. The number of anilines is 1. The zero-order valence-electron chi connectivity index (χ0n) is 18.6. The predicted molar refractivity (Wildman–Crippen MR) is 130 cm³/mol. The third-order valence-corrected chi connectivity index (χ3v) is 6.04. The molecule has 2 aromatic heterocycles. The summed E-state index contributed by atoms with van der Waals surface area (Å²) in [6, 6.07) is 14.7. The Morgan fingerprint density at radius 1 is 1.06 bits per heavy atom. The lowest BCUT2D eigenvalue weighted by Crippen LogP contribution is -2.32. The molecular weight excluding hydrogens is 493 g/mol. The van der Waals surface area contributed by atoms with E-state index in [-0.39, 0.29) is 29.5 Å². The largest absolute Gasteiger partial charge is 0.480 e. The van der Waals surface area contributed by atoms with Gasteiger partial charge in [-0.15, -0.1) is 0 Å². The summed E-state index contributed by atoms with van der Waals surface area (Å²) in [5.74, 6) is -1.72. The first-order valence-electron chi connectivity index (χ1n) is 10.7. The van der Waals surface area contributed by atoms with Crippen LogP contribution in [0.2, 0.25) is 0 Å². The number of carboxylic acids is 1. The standard InChI is InChI=1S/C25H21F3N4O3S/c26-25(27,28)22(18-4-2-1-3-17(18)16-9-10-36-13-16)35-21-12-20(31-24(30)32-21)15-7-5-14(6-8-15)11-19(29)23(33)34/h1-10,12-13,19,22H,11,29H2,(H,33,34)(H2,30,31,32). The van der Waals surface area contributed by atoms with Crippen molar-refractivity contribution >= 4 is 23.3 Å². The number of rotatable bonds is 8. The Bertz CT molecular complexity index is 1350. The molecule has 0 radical (unpaired) electrons. The van der Waals surface area contributed by atoms with E-state index in [1.807, 2.05) is 0 Å². The fourth-order valence-electron chi connectivity index (χ4n) is 3.64. The van der Waals surface area contributed by atoms with E-state index in [9.17, 15) is 18.0 Å². The Labute approximate surface area is 208 Å². The number of aromatic nitrogens is 2. The first-order chi connectivity index (χ1) is 17.1. The average molecular weight is 515 g/mol. The number of halogens is 3. The number of aliphatic carboxylic acids is 1. The van der Waals surface area contributed by atoms with Gasteiger partial charge in [0.05, 0.1) is 5.69 Å². The van der Waals surface area contributed by atoms with Gasteiger partial charge in [0, 0.05) is 17.2 Å². The number of thiophene rings is 1. The van der Waals surface area contributed by atoms with Gasteiger partial charge in [-0.05, 0) is 39.9 Å². The molecule has 0 spiro atoms. The van der Waals surface area contributed by atoms with E-state index in [0.717, 1.165) is 0 Å². The van der Waals surface area contributed by atoms with Crippen LogP contribution >= 0.6 is 11.3 Å². The van der Waals surface area contributed by atoms with Crippen LogP contribution in [-0.4, -0.2) is 33.3 Å². The summed E-state index contributed by atoms with van der Waals surface area (Å²) in [7, 11) is 0. The molecule has 2 heterocycles. The summed E-state index contributed by atoms with van der Waals surface area (Å²) in [6.07, 6.45) is -6.92. The minimum absolute atomic E-state index is 0.0544. The van der Waals surface area contributed by atoms with Gasteiger partial charge < -0.3 is 21.3 Å². The summed E-state index contributed by atoms with van der Waals surface area (Å²) in [5.41, 5.74) is 13.8. The number of carbonyl (C=O) groups is 1. The number of nitrogens with zero attached hydrogens (tertiary/aromatic N) is 2. The van der Waals surface area contributed by atoms with Crippen LogP contribution in [0.1, 0.15) is 17.2 Å². The van der Waals surface area contributed by atoms with Crippen molar-refractivity contribution < 1.29 is 27.8 Å². The van der Waals surface area contributed by atoms with Crippen molar-refractivity contribution in [1.82, 2.24) is 9.97 Å². The second kappa shape index (κ2) is 10.3. The summed E-state index contributed by atoms with van der Waals surface area (Å²) >= 11 is 1.38. The molecule has 7 nitrogen and oxygen atoms in total. The molecule has 5 N–H and O–H groups in total. The molecule has 0 saturated heterocycles. The van der Waals surface area contributed by atoms with E-state index in [1.54, 1.807) is 53.2 Å². The number of nitrogen functional groups attached to an aromatic ring is 1. The van der Waals surface area contributed by atoms with E-state index < -0.39 is 24.3 Å². The van der Waals surface area contributed by atoms with Gasteiger partial charge in [0.2, 0.25) is 17.9 Å². The van der Waals surface area contributed by atoms with Crippen LogP contribution in [0.15, 0.2) is 71.4 Å². The van der Waals surface area contributed by atoms with Crippen molar-refractivity contribution in [3.8, 4) is 28.3 Å². The first kappa shape index (κ1) is 25.1. The minimum Gasteiger partial charge on any atom is -0.480 e. The Kier molecular flexibility index (Phi) is 7.22. The highest BCUT2D eigenvalue weighted by molar-refractivity contribution is 7.08. The van der Waals surface area contributed by atoms with Crippen molar-refractivity contribution in [2.24, 2.45) is 5.73 Å². The van der Waals surface area contributed by atoms with Crippen molar-refractivity contribution in [3.63, 3.8) is 0 Å². The second-order valence-electron chi connectivity index (χ2n) is 7.93. The molecule has 2 atom stereocenters. The van der Waals surface area contributed by atoms with E-state index in [4.69, 9.17) is 21.3 Å². The lowest BCUT2D eigenvalue weighted by Gasteiger charge is -2.24. The highest BCUT2D eigenvalue weighted by Crippen LogP contribution is 2.41. The SMILES string of the molecule is Nc1nc(OC(c2ccccc2-c2ccsc2)C(F)(F)F)cc(-c2ccc(CC(N)C(=O)O)cc2)n1. The fraction of sp³-hybridized carbons (Fsp3) is 0.160. The van der Waals surface area contributed by atoms with Gasteiger partial charge in [0.25, 0.3) is 0 Å². The maximum Gasteiger partial charge on any atom is 0.429 e. The number of alkyl halides is 3. The zero-order valence-corrected chi connectivity index (χ0v) is 19.5. The molecule has 0 bridgehead atoms. The molecule has 0 aliphatic heterocycles. The first-order valence-corrected chi connectivity index (χ1v) is 11.6. The molecule has 0 aliphatic rings. The van der Waals surface area contributed by atoms with E-state index in [0.29, 0.717) is 22.3 Å². The smallest absolute Gasteiger partial charge is 0.429 e. The van der Waals surface area contributed by atoms with Crippen molar-refractivity contribution in [2.75, 3.05) is 5.73 Å². The number of benzene rings is 2. The van der Waals surface area contributed by atoms with Gasteiger partial charge >= 0.3 is 12.1 Å². The van der Waals surface area contributed by atoms with Gasteiger partial charge in [-0.1, -0.05) is 48.5 Å². The van der Waals surface area contributed by atoms with Crippen molar-refractivity contribution in [3.05, 3.63) is 82.6 Å². The summed E-state index contributed by atoms with van der Waals surface area (Å²) in [4.78, 5) is 18.9. The molecule has 4 aromatic rings. The lowest BCUT2D eigenvalue weighted by atomic mass is 9.97. The minimum atomic E-state index is -4.74. The summed E-state index contributed by atoms with van der Waals surface area (Å²) < 4.78 is 48.0. The van der Waals surface area contributed by atoms with Gasteiger partial charge in [0.15, 0.2) is 0 Å². The van der Waals surface area contributed by atoms with E-state index in [1.165, 1.54) is 29.5 Å². The second-order valence-corrected chi connectivity index (χ2v) is 8.71. The van der Waals surface area contributed by atoms with Crippen molar-refractivity contribution in [1.29, 1.82) is 0 Å². The summed E-state index contributed by atoms with van der Waals surface area (Å²) in [6.45, 7) is 0. The molecule has 0 fully saturated rings. The summed E-state index contributed by atoms with van der Waals surface area (Å²) in [5, 5.41) is 12.5. The monoisotopic (exact) mass is 514 g/mol.